The van der Waals surface area contributed by atoms with Crippen LogP contribution in [0.5, 0.6) is 11.5 Å². The molecule has 3 aromatic rings. The summed E-state index contributed by atoms with van der Waals surface area (Å²) in [5.74, 6) is 3.07. The van der Waals surface area contributed by atoms with Gasteiger partial charge in [-0.3, -0.25) is 9.80 Å². The van der Waals surface area contributed by atoms with Gasteiger partial charge in [0.05, 0.1) is 19.8 Å². The van der Waals surface area contributed by atoms with E-state index in [2.05, 4.69) is 45.1 Å². The van der Waals surface area contributed by atoms with E-state index in [1.165, 1.54) is 11.1 Å². The van der Waals surface area contributed by atoms with Gasteiger partial charge >= 0.3 is 0 Å². The molecule has 5 rings (SSSR count). The number of methoxy groups -OCH3 is 1. The Morgan fingerprint density at radius 3 is 2.61 bits per heavy atom. The van der Waals surface area contributed by atoms with Crippen molar-refractivity contribution in [2.75, 3.05) is 39.9 Å². The lowest BCUT2D eigenvalue weighted by atomic mass is 10.1. The van der Waals surface area contributed by atoms with Crippen LogP contribution >= 0.6 is 0 Å². The van der Waals surface area contributed by atoms with Crippen LogP contribution in [-0.4, -0.2) is 59.9 Å². The van der Waals surface area contributed by atoms with Crippen LogP contribution in [0.2, 0.25) is 0 Å². The normalized spacial score (nSPS) is 17.9. The van der Waals surface area contributed by atoms with E-state index in [0.717, 1.165) is 62.8 Å². The number of rotatable bonds is 6. The third-order valence-electron chi connectivity index (χ3n) is 6.25. The lowest BCUT2D eigenvalue weighted by Crippen LogP contribution is -2.46. The predicted molar refractivity (Wildman–Crippen MR) is 117 cm³/mol. The van der Waals surface area contributed by atoms with Crippen molar-refractivity contribution in [3.05, 3.63) is 59.5 Å². The van der Waals surface area contributed by atoms with E-state index in [-0.39, 0.29) is 6.04 Å². The molecule has 0 unspecified atom stereocenters. The second-order valence-electron chi connectivity index (χ2n) is 8.20. The minimum Gasteiger partial charge on any atom is -0.497 e. The summed E-state index contributed by atoms with van der Waals surface area (Å²) >= 11 is 0. The Balaban J connectivity index is 1.17. The molecule has 1 fully saturated rings. The number of fused-ring (bicyclic) bond motifs is 1. The maximum Gasteiger partial charge on any atom is 0.247 e. The molecule has 0 radical (unpaired) electrons. The number of ether oxygens (including phenoxy) is 2. The van der Waals surface area contributed by atoms with Crippen molar-refractivity contribution in [3.8, 4) is 23.0 Å². The largest absolute Gasteiger partial charge is 0.497 e. The monoisotopic (exact) mass is 420 g/mol. The molecule has 2 aliphatic rings. The van der Waals surface area contributed by atoms with Crippen LogP contribution < -0.4 is 9.47 Å². The molecule has 1 atom stereocenters. The first-order valence-corrected chi connectivity index (χ1v) is 10.9. The molecule has 162 valence electrons. The zero-order valence-corrected chi connectivity index (χ0v) is 18.1. The van der Waals surface area contributed by atoms with Crippen molar-refractivity contribution in [1.29, 1.82) is 0 Å². The van der Waals surface area contributed by atoms with Gasteiger partial charge in [0, 0.05) is 44.7 Å². The standard InChI is InChI=1S/C24H28N4O3/c1-17(23-25-26-24(31-23)19-4-6-21(29-2)7-5-19)28-12-10-27(11-13-28)16-18-3-8-22-20(15-18)9-14-30-22/h3-8,15,17H,9-14,16H2,1-2H3/t17-/m1/s1. The first-order chi connectivity index (χ1) is 15.2. The van der Waals surface area contributed by atoms with Gasteiger partial charge in [0.2, 0.25) is 11.8 Å². The van der Waals surface area contributed by atoms with Gasteiger partial charge in [-0.15, -0.1) is 10.2 Å². The Kier molecular flexibility index (Phi) is 5.61. The van der Waals surface area contributed by atoms with Gasteiger partial charge in [0.25, 0.3) is 0 Å². The minimum absolute atomic E-state index is 0.0961. The van der Waals surface area contributed by atoms with Crippen LogP contribution in [0.3, 0.4) is 0 Å². The van der Waals surface area contributed by atoms with E-state index in [9.17, 15) is 0 Å². The molecule has 1 aromatic heterocycles. The number of aromatic nitrogens is 2. The molecular weight excluding hydrogens is 392 g/mol. The van der Waals surface area contributed by atoms with Crippen LogP contribution in [0.25, 0.3) is 11.5 Å². The first kappa shape index (κ1) is 20.0. The quantitative estimate of drug-likeness (QED) is 0.604. The number of benzene rings is 2. The summed E-state index contributed by atoms with van der Waals surface area (Å²) in [5, 5.41) is 8.57. The molecule has 7 nitrogen and oxygen atoms in total. The van der Waals surface area contributed by atoms with Crippen LogP contribution in [-0.2, 0) is 13.0 Å². The first-order valence-electron chi connectivity index (χ1n) is 10.9. The average Bonchev–Trinajstić information content (AvgIpc) is 3.49. The van der Waals surface area contributed by atoms with Gasteiger partial charge in [-0.2, -0.15) is 0 Å². The van der Waals surface area contributed by atoms with E-state index in [1.54, 1.807) is 7.11 Å². The van der Waals surface area contributed by atoms with E-state index < -0.39 is 0 Å². The van der Waals surface area contributed by atoms with Gasteiger partial charge in [-0.05, 0) is 48.4 Å². The Bertz CT molecular complexity index is 1030. The molecule has 0 N–H and O–H groups in total. The van der Waals surface area contributed by atoms with Crippen LogP contribution in [0.15, 0.2) is 46.9 Å². The summed E-state index contributed by atoms with van der Waals surface area (Å²) in [6.07, 6.45) is 1.02. The maximum absolute atomic E-state index is 5.99. The molecule has 7 heteroatoms. The number of piperazine rings is 1. The molecule has 0 spiro atoms. The van der Waals surface area contributed by atoms with Gasteiger partial charge in [0.15, 0.2) is 0 Å². The third kappa shape index (κ3) is 4.29. The smallest absolute Gasteiger partial charge is 0.247 e. The fraction of sp³-hybridized carbons (Fsp3) is 0.417. The highest BCUT2D eigenvalue weighted by atomic mass is 16.5. The fourth-order valence-electron chi connectivity index (χ4n) is 4.32. The number of hydrogen-bond acceptors (Lipinski definition) is 7. The molecule has 1 saturated heterocycles. The summed E-state index contributed by atoms with van der Waals surface area (Å²) in [6, 6.07) is 14.4. The van der Waals surface area contributed by atoms with Crippen molar-refractivity contribution >= 4 is 0 Å². The molecule has 31 heavy (non-hydrogen) atoms. The van der Waals surface area contributed by atoms with E-state index >= 15 is 0 Å². The zero-order chi connectivity index (χ0) is 21.2. The minimum atomic E-state index is 0.0961. The Morgan fingerprint density at radius 2 is 1.84 bits per heavy atom. The van der Waals surface area contributed by atoms with Gasteiger partial charge in [-0.1, -0.05) is 12.1 Å². The van der Waals surface area contributed by atoms with Gasteiger partial charge < -0.3 is 13.9 Å². The van der Waals surface area contributed by atoms with Crippen molar-refractivity contribution in [1.82, 2.24) is 20.0 Å². The summed E-state index contributed by atoms with van der Waals surface area (Å²) in [4.78, 5) is 4.93. The van der Waals surface area contributed by atoms with Crippen molar-refractivity contribution in [2.45, 2.75) is 25.9 Å². The fourth-order valence-corrected chi connectivity index (χ4v) is 4.32. The van der Waals surface area contributed by atoms with Crippen molar-refractivity contribution in [2.24, 2.45) is 0 Å². The summed E-state index contributed by atoms with van der Waals surface area (Å²) in [5.41, 5.74) is 3.61. The van der Waals surface area contributed by atoms with Crippen molar-refractivity contribution in [3.63, 3.8) is 0 Å². The Hall–Kier alpha value is -2.90. The Morgan fingerprint density at radius 1 is 1.03 bits per heavy atom. The highest BCUT2D eigenvalue weighted by molar-refractivity contribution is 5.54. The van der Waals surface area contributed by atoms with Crippen LogP contribution in [0, 0.1) is 0 Å². The topological polar surface area (TPSA) is 63.9 Å². The third-order valence-corrected chi connectivity index (χ3v) is 6.25. The molecular formula is C24H28N4O3. The SMILES string of the molecule is COc1ccc(-c2nnc([C@@H](C)N3CCN(Cc4ccc5c(c4)CCO5)CC3)o2)cc1. The summed E-state index contributed by atoms with van der Waals surface area (Å²) in [7, 11) is 1.65. The molecule has 0 amide bonds. The molecule has 2 aromatic carbocycles. The predicted octanol–water partition coefficient (Wildman–Crippen LogP) is 3.56. The molecule has 2 aliphatic heterocycles. The molecule has 3 heterocycles. The van der Waals surface area contributed by atoms with E-state index in [4.69, 9.17) is 13.9 Å². The highest BCUT2D eigenvalue weighted by Crippen LogP contribution is 2.28. The number of nitrogens with zero attached hydrogens (tertiary/aromatic N) is 4. The zero-order valence-electron chi connectivity index (χ0n) is 18.1. The lowest BCUT2D eigenvalue weighted by Gasteiger charge is -2.36. The van der Waals surface area contributed by atoms with Crippen LogP contribution in [0.1, 0.15) is 30.0 Å². The van der Waals surface area contributed by atoms with Gasteiger partial charge in [0.1, 0.15) is 11.5 Å². The molecule has 0 bridgehead atoms. The van der Waals surface area contributed by atoms with Crippen LogP contribution in [0.4, 0.5) is 0 Å². The summed E-state index contributed by atoms with van der Waals surface area (Å²) in [6.45, 7) is 7.95. The molecule has 0 saturated carbocycles. The second-order valence-corrected chi connectivity index (χ2v) is 8.20. The van der Waals surface area contributed by atoms with E-state index in [0.29, 0.717) is 11.8 Å². The second kappa shape index (κ2) is 8.69. The molecule has 0 aliphatic carbocycles. The Labute approximate surface area is 182 Å². The van der Waals surface area contributed by atoms with Crippen molar-refractivity contribution < 1.29 is 13.9 Å². The lowest BCUT2D eigenvalue weighted by molar-refractivity contribution is 0.0876. The van der Waals surface area contributed by atoms with Gasteiger partial charge in [-0.25, -0.2) is 0 Å². The van der Waals surface area contributed by atoms with E-state index in [1.807, 2.05) is 24.3 Å². The maximum atomic E-state index is 5.99. The highest BCUT2D eigenvalue weighted by Gasteiger charge is 2.26. The number of hydrogen-bond donors (Lipinski definition) is 0. The average molecular weight is 421 g/mol. The summed E-state index contributed by atoms with van der Waals surface area (Å²) < 4.78 is 16.8.